The number of carbonyl (C=O) groups is 1. The van der Waals surface area contributed by atoms with Gasteiger partial charge in [-0.1, -0.05) is 24.3 Å². The Balaban J connectivity index is 1.50. The number of carbonyl (C=O) groups excluding carboxylic acids is 1. The molecule has 3 rings (SSSR count). The Hall–Kier alpha value is -1.39. The summed E-state index contributed by atoms with van der Waals surface area (Å²) < 4.78 is 11.4. The maximum absolute atomic E-state index is 12.6. The number of piperidine rings is 1. The number of amides is 1. The van der Waals surface area contributed by atoms with E-state index < -0.39 is 0 Å². The lowest BCUT2D eigenvalue weighted by atomic mass is 9.78. The summed E-state index contributed by atoms with van der Waals surface area (Å²) in [6.45, 7) is 5.43. The van der Waals surface area contributed by atoms with Gasteiger partial charge in [-0.25, -0.2) is 0 Å². The second-order valence-corrected chi connectivity index (χ2v) is 7.49. The number of rotatable bonds is 6. The van der Waals surface area contributed by atoms with Gasteiger partial charge in [0.1, 0.15) is 0 Å². The van der Waals surface area contributed by atoms with Gasteiger partial charge in [0.25, 0.3) is 0 Å². The lowest BCUT2D eigenvalue weighted by Crippen LogP contribution is -2.49. The molecule has 0 radical (unpaired) electrons. The third-order valence-corrected chi connectivity index (χ3v) is 6.10. The summed E-state index contributed by atoms with van der Waals surface area (Å²) in [5.74, 6) is 0.862. The van der Waals surface area contributed by atoms with Crippen LogP contribution in [0.4, 0.5) is 0 Å². The number of hydrogen-bond acceptors (Lipinski definition) is 3. The maximum Gasteiger partial charge on any atom is 0.222 e. The molecule has 138 valence electrons. The van der Waals surface area contributed by atoms with Crippen molar-refractivity contribution in [3.05, 3.63) is 35.4 Å². The van der Waals surface area contributed by atoms with E-state index in [-0.39, 0.29) is 11.5 Å². The number of nitrogens with zero attached hydrogens (tertiary/aromatic N) is 1. The highest BCUT2D eigenvalue weighted by molar-refractivity contribution is 5.76. The Labute approximate surface area is 151 Å². The molecule has 0 aromatic heterocycles. The third-order valence-electron chi connectivity index (χ3n) is 6.10. The Bertz CT molecular complexity index is 578. The molecular formula is C21H31NO3. The SMILES string of the molecule is COCC[C@H]1CCOC12CCN(C(=O)CCc1ccccc1C)CC2. The first-order valence-corrected chi connectivity index (χ1v) is 9.60. The molecule has 1 atom stereocenters. The molecule has 1 aromatic rings. The minimum atomic E-state index is -0.00860. The van der Waals surface area contributed by atoms with Crippen molar-refractivity contribution in [2.75, 3.05) is 33.4 Å². The second-order valence-electron chi connectivity index (χ2n) is 7.49. The summed E-state index contributed by atoms with van der Waals surface area (Å²) in [6.07, 6.45) is 5.57. The Morgan fingerprint density at radius 1 is 1.32 bits per heavy atom. The normalized spacial score (nSPS) is 22.5. The summed E-state index contributed by atoms with van der Waals surface area (Å²) >= 11 is 0. The molecular weight excluding hydrogens is 314 g/mol. The van der Waals surface area contributed by atoms with E-state index in [9.17, 15) is 4.79 Å². The van der Waals surface area contributed by atoms with E-state index in [1.807, 2.05) is 11.0 Å². The van der Waals surface area contributed by atoms with Gasteiger partial charge < -0.3 is 14.4 Å². The quantitative estimate of drug-likeness (QED) is 0.793. The molecule has 1 amide bonds. The van der Waals surface area contributed by atoms with E-state index in [2.05, 4.69) is 25.1 Å². The van der Waals surface area contributed by atoms with E-state index >= 15 is 0 Å². The molecule has 2 saturated heterocycles. The van der Waals surface area contributed by atoms with Gasteiger partial charge in [0.05, 0.1) is 5.60 Å². The average Bonchev–Trinajstić information content (AvgIpc) is 3.01. The molecule has 0 aliphatic carbocycles. The predicted octanol–water partition coefficient (Wildman–Crippen LogP) is 3.36. The van der Waals surface area contributed by atoms with Gasteiger partial charge in [0.2, 0.25) is 5.91 Å². The highest BCUT2D eigenvalue weighted by Gasteiger charge is 2.46. The fourth-order valence-electron chi connectivity index (χ4n) is 4.43. The molecule has 1 spiro atoms. The number of ether oxygens (including phenoxy) is 2. The first kappa shape index (κ1) is 18.4. The molecule has 2 fully saturated rings. The summed E-state index contributed by atoms with van der Waals surface area (Å²) in [5.41, 5.74) is 2.54. The van der Waals surface area contributed by atoms with Crippen LogP contribution in [0.3, 0.4) is 0 Å². The molecule has 2 heterocycles. The molecule has 4 nitrogen and oxygen atoms in total. The Morgan fingerprint density at radius 3 is 2.80 bits per heavy atom. The average molecular weight is 345 g/mol. The number of methoxy groups -OCH3 is 1. The van der Waals surface area contributed by atoms with Gasteiger partial charge >= 0.3 is 0 Å². The molecule has 2 aliphatic heterocycles. The summed E-state index contributed by atoms with van der Waals surface area (Å²) in [4.78, 5) is 14.6. The van der Waals surface area contributed by atoms with Crippen LogP contribution in [0.25, 0.3) is 0 Å². The van der Waals surface area contributed by atoms with Gasteiger partial charge in [0.15, 0.2) is 0 Å². The number of likely N-dealkylation sites (tertiary alicyclic amines) is 1. The summed E-state index contributed by atoms with van der Waals surface area (Å²) in [6, 6.07) is 8.34. The van der Waals surface area contributed by atoms with Gasteiger partial charge in [-0.2, -0.15) is 0 Å². The van der Waals surface area contributed by atoms with Crippen LogP contribution in [-0.2, 0) is 20.7 Å². The van der Waals surface area contributed by atoms with Crippen molar-refractivity contribution in [1.82, 2.24) is 4.90 Å². The van der Waals surface area contributed by atoms with Gasteiger partial charge in [-0.05, 0) is 56.1 Å². The highest BCUT2D eigenvalue weighted by Crippen LogP contribution is 2.42. The fourth-order valence-corrected chi connectivity index (χ4v) is 4.43. The van der Waals surface area contributed by atoms with Crippen molar-refractivity contribution in [3.8, 4) is 0 Å². The van der Waals surface area contributed by atoms with E-state index in [0.29, 0.717) is 12.3 Å². The molecule has 25 heavy (non-hydrogen) atoms. The van der Waals surface area contributed by atoms with Crippen LogP contribution in [0.5, 0.6) is 0 Å². The van der Waals surface area contributed by atoms with Crippen molar-refractivity contribution in [2.24, 2.45) is 5.92 Å². The topological polar surface area (TPSA) is 38.8 Å². The minimum Gasteiger partial charge on any atom is -0.385 e. The monoisotopic (exact) mass is 345 g/mol. The zero-order valence-corrected chi connectivity index (χ0v) is 15.6. The molecule has 0 bridgehead atoms. The minimum absolute atomic E-state index is 0.00860. The van der Waals surface area contributed by atoms with Crippen LogP contribution in [-0.4, -0.2) is 49.8 Å². The number of benzene rings is 1. The number of aryl methyl sites for hydroxylation is 2. The fraction of sp³-hybridized carbons (Fsp3) is 0.667. The summed E-state index contributed by atoms with van der Waals surface area (Å²) in [7, 11) is 1.76. The van der Waals surface area contributed by atoms with Crippen LogP contribution >= 0.6 is 0 Å². The van der Waals surface area contributed by atoms with Crippen molar-refractivity contribution in [1.29, 1.82) is 0 Å². The standard InChI is InChI=1S/C21H31NO3/c1-17-5-3-4-6-18(17)7-8-20(23)22-13-11-21(12-14-22)19(9-15-24-2)10-16-25-21/h3-6,19H,7-16H2,1-2H3/t19-/m0/s1. The van der Waals surface area contributed by atoms with Gasteiger partial charge in [-0.3, -0.25) is 4.79 Å². The van der Waals surface area contributed by atoms with Crippen LogP contribution in [0.1, 0.15) is 43.2 Å². The molecule has 2 aliphatic rings. The molecule has 0 unspecified atom stereocenters. The van der Waals surface area contributed by atoms with Crippen LogP contribution in [0.15, 0.2) is 24.3 Å². The van der Waals surface area contributed by atoms with E-state index in [0.717, 1.165) is 58.4 Å². The Morgan fingerprint density at radius 2 is 2.08 bits per heavy atom. The van der Waals surface area contributed by atoms with E-state index in [1.54, 1.807) is 7.11 Å². The summed E-state index contributed by atoms with van der Waals surface area (Å²) in [5, 5.41) is 0. The highest BCUT2D eigenvalue weighted by atomic mass is 16.5. The van der Waals surface area contributed by atoms with Crippen molar-refractivity contribution < 1.29 is 14.3 Å². The van der Waals surface area contributed by atoms with Gasteiger partial charge in [-0.15, -0.1) is 0 Å². The first-order chi connectivity index (χ1) is 12.1. The Kier molecular flexibility index (Phi) is 6.13. The number of hydrogen-bond donors (Lipinski definition) is 0. The molecule has 0 saturated carbocycles. The van der Waals surface area contributed by atoms with Crippen LogP contribution in [0, 0.1) is 12.8 Å². The smallest absolute Gasteiger partial charge is 0.222 e. The molecule has 4 heteroatoms. The molecule has 1 aromatic carbocycles. The lowest BCUT2D eigenvalue weighted by molar-refractivity contribution is -0.137. The van der Waals surface area contributed by atoms with Crippen LogP contribution in [0.2, 0.25) is 0 Å². The van der Waals surface area contributed by atoms with E-state index in [1.165, 1.54) is 11.1 Å². The van der Waals surface area contributed by atoms with E-state index in [4.69, 9.17) is 9.47 Å². The second kappa shape index (κ2) is 8.33. The first-order valence-electron chi connectivity index (χ1n) is 9.60. The zero-order chi connectivity index (χ0) is 17.7. The van der Waals surface area contributed by atoms with Crippen LogP contribution < -0.4 is 0 Å². The van der Waals surface area contributed by atoms with Crippen molar-refractivity contribution >= 4 is 5.91 Å². The zero-order valence-electron chi connectivity index (χ0n) is 15.6. The van der Waals surface area contributed by atoms with Crippen molar-refractivity contribution in [2.45, 2.75) is 51.0 Å². The lowest BCUT2D eigenvalue weighted by Gasteiger charge is -2.42. The van der Waals surface area contributed by atoms with Gasteiger partial charge in [0, 0.05) is 39.8 Å². The maximum atomic E-state index is 12.6. The molecule has 0 N–H and O–H groups in total. The predicted molar refractivity (Wildman–Crippen MR) is 98.6 cm³/mol. The third kappa shape index (κ3) is 4.24. The van der Waals surface area contributed by atoms with Crippen molar-refractivity contribution in [3.63, 3.8) is 0 Å². The largest absolute Gasteiger partial charge is 0.385 e.